The van der Waals surface area contributed by atoms with Gasteiger partial charge in [0.1, 0.15) is 11.6 Å². The zero-order chi connectivity index (χ0) is 12.1. The van der Waals surface area contributed by atoms with E-state index in [0.29, 0.717) is 12.4 Å². The molecular formula is C12H13ClN4. The Morgan fingerprint density at radius 1 is 1.06 bits per heavy atom. The summed E-state index contributed by atoms with van der Waals surface area (Å²) in [6.45, 7) is 0.693. The number of pyridine rings is 1. The molecule has 0 aliphatic heterocycles. The highest BCUT2D eigenvalue weighted by Crippen LogP contribution is 2.12. The van der Waals surface area contributed by atoms with Crippen molar-refractivity contribution < 1.29 is 0 Å². The zero-order valence-electron chi connectivity index (χ0n) is 9.15. The van der Waals surface area contributed by atoms with E-state index in [2.05, 4.69) is 15.7 Å². The summed E-state index contributed by atoms with van der Waals surface area (Å²) < 4.78 is 0. The molecule has 0 atom stereocenters. The molecule has 88 valence electrons. The molecule has 2 rings (SSSR count). The smallest absolute Gasteiger partial charge is 0.142 e. The van der Waals surface area contributed by atoms with Crippen molar-refractivity contribution in [1.82, 2.24) is 4.98 Å². The van der Waals surface area contributed by atoms with Crippen LogP contribution in [0.15, 0.2) is 42.5 Å². The van der Waals surface area contributed by atoms with Gasteiger partial charge in [0, 0.05) is 11.6 Å². The van der Waals surface area contributed by atoms with Crippen LogP contribution in [0.3, 0.4) is 0 Å². The number of benzene rings is 1. The number of nitrogen functional groups attached to an aromatic ring is 1. The highest BCUT2D eigenvalue weighted by atomic mass is 35.5. The number of hydrogen-bond donors (Lipinski definition) is 3. The highest BCUT2D eigenvalue weighted by molar-refractivity contribution is 6.30. The van der Waals surface area contributed by atoms with Gasteiger partial charge in [-0.2, -0.15) is 0 Å². The highest BCUT2D eigenvalue weighted by Gasteiger charge is 1.97. The van der Waals surface area contributed by atoms with Crippen LogP contribution in [-0.4, -0.2) is 4.98 Å². The summed E-state index contributed by atoms with van der Waals surface area (Å²) in [7, 11) is 0. The Morgan fingerprint density at radius 3 is 2.47 bits per heavy atom. The first-order valence-corrected chi connectivity index (χ1v) is 5.58. The molecule has 0 fully saturated rings. The molecule has 0 saturated heterocycles. The van der Waals surface area contributed by atoms with Gasteiger partial charge in [-0.15, -0.1) is 0 Å². The van der Waals surface area contributed by atoms with Crippen molar-refractivity contribution in [3.63, 3.8) is 0 Å². The molecule has 0 aliphatic rings. The van der Waals surface area contributed by atoms with E-state index in [0.717, 1.165) is 16.4 Å². The summed E-state index contributed by atoms with van der Waals surface area (Å²) in [5.41, 5.74) is 3.65. The number of halogens is 1. The largest absolute Gasteiger partial charge is 0.366 e. The van der Waals surface area contributed by atoms with Crippen LogP contribution in [0.1, 0.15) is 5.56 Å². The van der Waals surface area contributed by atoms with Crippen molar-refractivity contribution in [2.75, 3.05) is 10.7 Å². The van der Waals surface area contributed by atoms with Crippen LogP contribution in [0.4, 0.5) is 11.6 Å². The van der Waals surface area contributed by atoms with Gasteiger partial charge in [-0.1, -0.05) is 29.8 Å². The molecule has 2 aromatic rings. The summed E-state index contributed by atoms with van der Waals surface area (Å²) in [4.78, 5) is 4.25. The number of hydrogen-bond acceptors (Lipinski definition) is 4. The van der Waals surface area contributed by atoms with Gasteiger partial charge in [0.2, 0.25) is 0 Å². The average Bonchev–Trinajstić information content (AvgIpc) is 2.38. The quantitative estimate of drug-likeness (QED) is 0.575. The van der Waals surface area contributed by atoms with Crippen LogP contribution in [0.25, 0.3) is 0 Å². The standard InChI is InChI=1S/C12H13ClN4/c13-10-6-4-9(5-7-10)8-15-11-2-1-3-12(16-11)17-14/h1-7H,8,14H2,(H2,15,16,17). The number of nitrogens with two attached hydrogens (primary N) is 1. The summed E-state index contributed by atoms with van der Waals surface area (Å²) >= 11 is 5.81. The molecule has 0 aliphatic carbocycles. The minimum atomic E-state index is 0.631. The second kappa shape index (κ2) is 5.52. The first-order valence-electron chi connectivity index (χ1n) is 5.20. The molecule has 0 unspecified atom stereocenters. The van der Waals surface area contributed by atoms with Gasteiger partial charge in [0.05, 0.1) is 0 Å². The predicted molar refractivity (Wildman–Crippen MR) is 70.8 cm³/mol. The van der Waals surface area contributed by atoms with Crippen molar-refractivity contribution in [2.24, 2.45) is 5.84 Å². The molecule has 0 saturated carbocycles. The van der Waals surface area contributed by atoms with Crippen molar-refractivity contribution in [3.05, 3.63) is 53.1 Å². The second-order valence-corrected chi connectivity index (χ2v) is 3.97. The summed E-state index contributed by atoms with van der Waals surface area (Å²) in [6.07, 6.45) is 0. The van der Waals surface area contributed by atoms with Crippen molar-refractivity contribution >= 4 is 23.2 Å². The van der Waals surface area contributed by atoms with E-state index in [9.17, 15) is 0 Å². The first-order chi connectivity index (χ1) is 8.28. The van der Waals surface area contributed by atoms with E-state index in [1.54, 1.807) is 6.07 Å². The Hall–Kier alpha value is -1.78. The van der Waals surface area contributed by atoms with Crippen LogP contribution in [0, 0.1) is 0 Å². The Kier molecular flexibility index (Phi) is 3.80. The Morgan fingerprint density at radius 2 is 1.76 bits per heavy atom. The fourth-order valence-electron chi connectivity index (χ4n) is 1.41. The van der Waals surface area contributed by atoms with E-state index in [1.807, 2.05) is 36.4 Å². The van der Waals surface area contributed by atoms with Crippen molar-refractivity contribution in [2.45, 2.75) is 6.54 Å². The maximum absolute atomic E-state index is 5.81. The first kappa shape index (κ1) is 11.7. The minimum Gasteiger partial charge on any atom is -0.366 e. The minimum absolute atomic E-state index is 0.631. The zero-order valence-corrected chi connectivity index (χ0v) is 9.91. The third-order valence-electron chi connectivity index (χ3n) is 2.28. The van der Waals surface area contributed by atoms with Crippen LogP contribution >= 0.6 is 11.6 Å². The molecule has 0 spiro atoms. The SMILES string of the molecule is NNc1cccc(NCc2ccc(Cl)cc2)n1. The molecular weight excluding hydrogens is 236 g/mol. The average molecular weight is 249 g/mol. The monoisotopic (exact) mass is 248 g/mol. The lowest BCUT2D eigenvalue weighted by molar-refractivity contribution is 1.10. The number of rotatable bonds is 4. The summed E-state index contributed by atoms with van der Waals surface area (Å²) in [5, 5.41) is 3.94. The molecule has 0 amide bonds. The van der Waals surface area contributed by atoms with Gasteiger partial charge < -0.3 is 10.7 Å². The summed E-state index contributed by atoms with van der Waals surface area (Å²) in [5.74, 6) is 6.69. The molecule has 0 bridgehead atoms. The predicted octanol–water partition coefficient (Wildman–Crippen LogP) is 2.63. The van der Waals surface area contributed by atoms with Crippen molar-refractivity contribution in [3.8, 4) is 0 Å². The molecule has 1 aromatic carbocycles. The third-order valence-corrected chi connectivity index (χ3v) is 2.54. The molecule has 17 heavy (non-hydrogen) atoms. The van der Waals surface area contributed by atoms with Gasteiger partial charge in [-0.25, -0.2) is 10.8 Å². The topological polar surface area (TPSA) is 63.0 Å². The van der Waals surface area contributed by atoms with Gasteiger partial charge in [-0.05, 0) is 29.8 Å². The Labute approximate surface area is 105 Å². The summed E-state index contributed by atoms with van der Waals surface area (Å²) in [6, 6.07) is 13.2. The van der Waals surface area contributed by atoms with Gasteiger partial charge in [-0.3, -0.25) is 0 Å². The molecule has 1 aromatic heterocycles. The van der Waals surface area contributed by atoms with Crippen molar-refractivity contribution in [1.29, 1.82) is 0 Å². The molecule has 4 N–H and O–H groups in total. The van der Waals surface area contributed by atoms with Crippen LogP contribution in [0.5, 0.6) is 0 Å². The van der Waals surface area contributed by atoms with E-state index in [-0.39, 0.29) is 0 Å². The second-order valence-electron chi connectivity index (χ2n) is 3.53. The fourth-order valence-corrected chi connectivity index (χ4v) is 1.53. The number of aromatic nitrogens is 1. The number of nitrogens with one attached hydrogen (secondary N) is 2. The van der Waals surface area contributed by atoms with Crippen LogP contribution < -0.4 is 16.6 Å². The normalized spacial score (nSPS) is 10.0. The van der Waals surface area contributed by atoms with E-state index in [1.165, 1.54) is 0 Å². The maximum atomic E-state index is 5.81. The number of anilines is 2. The number of nitrogens with zero attached hydrogens (tertiary/aromatic N) is 1. The Bertz CT molecular complexity index is 484. The maximum Gasteiger partial charge on any atom is 0.142 e. The molecule has 4 nitrogen and oxygen atoms in total. The van der Waals surface area contributed by atoms with Gasteiger partial charge in [0.15, 0.2) is 0 Å². The van der Waals surface area contributed by atoms with Gasteiger partial charge in [0.25, 0.3) is 0 Å². The molecule has 0 radical (unpaired) electrons. The third kappa shape index (κ3) is 3.34. The lowest BCUT2D eigenvalue weighted by atomic mass is 10.2. The fraction of sp³-hybridized carbons (Fsp3) is 0.0833. The Balaban J connectivity index is 1.99. The van der Waals surface area contributed by atoms with Crippen LogP contribution in [0.2, 0.25) is 5.02 Å². The molecule has 5 heteroatoms. The van der Waals surface area contributed by atoms with Crippen LogP contribution in [-0.2, 0) is 6.54 Å². The van der Waals surface area contributed by atoms with E-state index >= 15 is 0 Å². The lowest BCUT2D eigenvalue weighted by Crippen LogP contribution is -2.09. The van der Waals surface area contributed by atoms with Gasteiger partial charge >= 0.3 is 0 Å². The lowest BCUT2D eigenvalue weighted by Gasteiger charge is -2.07. The van der Waals surface area contributed by atoms with E-state index < -0.39 is 0 Å². The number of hydrazine groups is 1. The molecule has 1 heterocycles. The van der Waals surface area contributed by atoms with E-state index in [4.69, 9.17) is 17.4 Å².